The van der Waals surface area contributed by atoms with Gasteiger partial charge < -0.3 is 8.83 Å². The van der Waals surface area contributed by atoms with Crippen molar-refractivity contribution in [3.8, 4) is 44.6 Å². The molecule has 0 aliphatic heterocycles. The number of fused-ring (bicyclic) bond motifs is 9. The fourth-order valence-corrected chi connectivity index (χ4v) is 8.09. The van der Waals surface area contributed by atoms with Crippen LogP contribution in [-0.4, -0.2) is 4.98 Å². The first kappa shape index (κ1) is 28.8. The largest absolute Gasteiger partial charge is 0.456 e. The van der Waals surface area contributed by atoms with E-state index in [2.05, 4.69) is 152 Å². The molecule has 0 N–H and O–H groups in total. The molecule has 0 radical (unpaired) electrons. The molecule has 11 rings (SSSR count). The zero-order valence-corrected chi connectivity index (χ0v) is 28.0. The fraction of sp³-hybridized carbons (Fsp3) is 0. The molecule has 0 saturated carbocycles. The Hall–Kier alpha value is -6.97. The SMILES string of the molecule is c1ccc(-c2nc3ccccc3c3c(-c4cccc(-c5ccc(-c6cccc7c6oc6ccccc67)cc5)c4)c4c(cc23)oc2ccccc24)cc1. The van der Waals surface area contributed by atoms with Crippen LogP contribution in [0.25, 0.3) is 110 Å². The molecule has 242 valence electrons. The second kappa shape index (κ2) is 11.3. The Kier molecular flexibility index (Phi) is 6.25. The van der Waals surface area contributed by atoms with Gasteiger partial charge in [-0.05, 0) is 52.6 Å². The maximum atomic E-state index is 6.61. The van der Waals surface area contributed by atoms with Crippen molar-refractivity contribution in [1.82, 2.24) is 4.98 Å². The van der Waals surface area contributed by atoms with Crippen molar-refractivity contribution in [2.45, 2.75) is 0 Å². The minimum absolute atomic E-state index is 0.854. The lowest BCUT2D eigenvalue weighted by molar-refractivity contribution is 0.669. The summed E-state index contributed by atoms with van der Waals surface area (Å²) in [5, 5.41) is 7.86. The summed E-state index contributed by atoms with van der Waals surface area (Å²) >= 11 is 0. The summed E-state index contributed by atoms with van der Waals surface area (Å²) in [5.74, 6) is 0. The molecule has 3 heteroatoms. The lowest BCUT2D eigenvalue weighted by atomic mass is 9.88. The van der Waals surface area contributed by atoms with Crippen molar-refractivity contribution >= 4 is 65.6 Å². The maximum absolute atomic E-state index is 6.61. The van der Waals surface area contributed by atoms with Crippen molar-refractivity contribution in [2.24, 2.45) is 0 Å². The average Bonchev–Trinajstić information content (AvgIpc) is 3.78. The van der Waals surface area contributed by atoms with E-state index in [1.54, 1.807) is 0 Å². The molecule has 0 fully saturated rings. The molecule has 0 spiro atoms. The van der Waals surface area contributed by atoms with E-state index >= 15 is 0 Å². The number of hydrogen-bond donors (Lipinski definition) is 0. The molecule has 0 bridgehead atoms. The van der Waals surface area contributed by atoms with Crippen LogP contribution in [0.4, 0.5) is 0 Å². The summed E-state index contributed by atoms with van der Waals surface area (Å²) < 4.78 is 13.0. The topological polar surface area (TPSA) is 39.2 Å². The molecule has 3 aromatic heterocycles. The lowest BCUT2D eigenvalue weighted by Crippen LogP contribution is -1.93. The van der Waals surface area contributed by atoms with Crippen LogP contribution in [0.15, 0.2) is 185 Å². The molecule has 0 unspecified atom stereocenters. The van der Waals surface area contributed by atoms with E-state index in [0.717, 1.165) is 105 Å². The Morgan fingerprint density at radius 2 is 0.981 bits per heavy atom. The van der Waals surface area contributed by atoms with Crippen molar-refractivity contribution in [3.63, 3.8) is 0 Å². The van der Waals surface area contributed by atoms with Gasteiger partial charge in [0.25, 0.3) is 0 Å². The number of benzene rings is 8. The van der Waals surface area contributed by atoms with Crippen LogP contribution in [0.1, 0.15) is 0 Å². The molecule has 0 aliphatic rings. The molecule has 8 aromatic carbocycles. The Bertz CT molecular complexity index is 3170. The highest BCUT2D eigenvalue weighted by Gasteiger charge is 2.22. The van der Waals surface area contributed by atoms with Crippen LogP contribution in [0.5, 0.6) is 0 Å². The van der Waals surface area contributed by atoms with E-state index in [-0.39, 0.29) is 0 Å². The van der Waals surface area contributed by atoms with Gasteiger partial charge in [-0.15, -0.1) is 0 Å². The zero-order valence-electron chi connectivity index (χ0n) is 28.0. The molecular formula is C49H29NO2. The van der Waals surface area contributed by atoms with Crippen molar-refractivity contribution < 1.29 is 8.83 Å². The standard InChI is InChI=1S/C49H29NO2/c1-2-12-32(13-3-1)48-40-29-44-47(39-18-6-9-23-43(39)51-44)45(46(40)38-17-4-7-21-41(38)50-48)34-15-10-14-33(28-34)30-24-26-31(27-25-30)35-19-11-20-37-36-16-5-8-22-42(36)52-49(35)37/h1-29H. The number of pyridine rings is 1. The van der Waals surface area contributed by atoms with E-state index in [1.807, 2.05) is 24.3 Å². The number of aromatic nitrogens is 1. The molecule has 3 nitrogen and oxygen atoms in total. The predicted molar refractivity (Wildman–Crippen MR) is 216 cm³/mol. The van der Waals surface area contributed by atoms with Gasteiger partial charge in [-0.1, -0.05) is 146 Å². The van der Waals surface area contributed by atoms with Gasteiger partial charge in [0.05, 0.1) is 11.2 Å². The van der Waals surface area contributed by atoms with E-state index in [9.17, 15) is 0 Å². The van der Waals surface area contributed by atoms with Crippen molar-refractivity contribution in [3.05, 3.63) is 176 Å². The van der Waals surface area contributed by atoms with E-state index in [0.29, 0.717) is 0 Å². The maximum Gasteiger partial charge on any atom is 0.143 e. The lowest BCUT2D eigenvalue weighted by Gasteiger charge is -2.16. The van der Waals surface area contributed by atoms with Gasteiger partial charge in [-0.3, -0.25) is 0 Å². The monoisotopic (exact) mass is 663 g/mol. The zero-order chi connectivity index (χ0) is 34.2. The highest BCUT2D eigenvalue weighted by atomic mass is 16.3. The van der Waals surface area contributed by atoms with Crippen LogP contribution in [0, 0.1) is 0 Å². The van der Waals surface area contributed by atoms with Crippen LogP contribution >= 0.6 is 0 Å². The average molecular weight is 664 g/mol. The van der Waals surface area contributed by atoms with Crippen molar-refractivity contribution in [2.75, 3.05) is 0 Å². The fourth-order valence-electron chi connectivity index (χ4n) is 8.09. The Labute approximate surface area is 299 Å². The van der Waals surface area contributed by atoms with Crippen LogP contribution in [0.3, 0.4) is 0 Å². The summed E-state index contributed by atoms with van der Waals surface area (Å²) in [7, 11) is 0. The minimum Gasteiger partial charge on any atom is -0.456 e. The van der Waals surface area contributed by atoms with Crippen LogP contribution in [0.2, 0.25) is 0 Å². The summed E-state index contributed by atoms with van der Waals surface area (Å²) in [6, 6.07) is 61.9. The summed E-state index contributed by atoms with van der Waals surface area (Å²) in [6.07, 6.45) is 0. The minimum atomic E-state index is 0.854. The summed E-state index contributed by atoms with van der Waals surface area (Å²) in [5.41, 5.74) is 13.3. The van der Waals surface area contributed by atoms with Gasteiger partial charge in [0.15, 0.2) is 0 Å². The predicted octanol–water partition coefficient (Wildman–Crippen LogP) is 13.9. The first-order valence-electron chi connectivity index (χ1n) is 17.6. The third-order valence-electron chi connectivity index (χ3n) is 10.5. The summed E-state index contributed by atoms with van der Waals surface area (Å²) in [4.78, 5) is 5.25. The molecule has 0 saturated heterocycles. The van der Waals surface area contributed by atoms with Gasteiger partial charge in [0.2, 0.25) is 0 Å². The third-order valence-corrected chi connectivity index (χ3v) is 10.5. The first-order chi connectivity index (χ1) is 25.8. The Morgan fingerprint density at radius 1 is 0.346 bits per heavy atom. The molecule has 0 amide bonds. The van der Waals surface area contributed by atoms with Gasteiger partial charge >= 0.3 is 0 Å². The third kappa shape index (κ3) is 4.36. The highest BCUT2D eigenvalue weighted by Crippen LogP contribution is 2.47. The van der Waals surface area contributed by atoms with E-state index in [4.69, 9.17) is 13.8 Å². The number of furan rings is 2. The second-order valence-corrected chi connectivity index (χ2v) is 13.4. The normalized spacial score (nSPS) is 11.8. The number of hydrogen-bond acceptors (Lipinski definition) is 3. The van der Waals surface area contributed by atoms with Gasteiger partial charge in [-0.2, -0.15) is 0 Å². The van der Waals surface area contributed by atoms with Crippen molar-refractivity contribution in [1.29, 1.82) is 0 Å². The quantitative estimate of drug-likeness (QED) is 0.176. The number of para-hydroxylation sites is 4. The molecule has 11 aromatic rings. The van der Waals surface area contributed by atoms with Crippen LogP contribution in [-0.2, 0) is 0 Å². The molecule has 0 atom stereocenters. The van der Waals surface area contributed by atoms with Gasteiger partial charge in [0, 0.05) is 54.4 Å². The molecule has 3 heterocycles. The van der Waals surface area contributed by atoms with Crippen LogP contribution < -0.4 is 0 Å². The first-order valence-corrected chi connectivity index (χ1v) is 17.6. The van der Waals surface area contributed by atoms with Gasteiger partial charge in [-0.25, -0.2) is 4.98 Å². The molecule has 52 heavy (non-hydrogen) atoms. The molecule has 0 aliphatic carbocycles. The Balaban J connectivity index is 1.13. The Morgan fingerprint density at radius 3 is 1.83 bits per heavy atom. The number of rotatable bonds is 4. The van der Waals surface area contributed by atoms with E-state index in [1.165, 1.54) is 5.39 Å². The highest BCUT2D eigenvalue weighted by molar-refractivity contribution is 6.27. The molecular weight excluding hydrogens is 635 g/mol. The number of nitrogens with zero attached hydrogens (tertiary/aromatic N) is 1. The van der Waals surface area contributed by atoms with E-state index < -0.39 is 0 Å². The second-order valence-electron chi connectivity index (χ2n) is 13.4. The van der Waals surface area contributed by atoms with Gasteiger partial charge in [0.1, 0.15) is 22.3 Å². The smallest absolute Gasteiger partial charge is 0.143 e. The summed E-state index contributed by atoms with van der Waals surface area (Å²) in [6.45, 7) is 0.